The molecule has 0 aliphatic heterocycles. The number of fused-ring (bicyclic) bond motifs is 1. The van der Waals surface area contributed by atoms with Crippen LogP contribution in [0, 0.1) is 11.6 Å². The third-order valence-electron chi connectivity index (χ3n) is 6.16. The van der Waals surface area contributed by atoms with E-state index in [4.69, 9.17) is 22.3 Å². The van der Waals surface area contributed by atoms with Crippen LogP contribution in [-0.2, 0) is 23.5 Å². The topological polar surface area (TPSA) is 125 Å². The number of nitrogens with zero attached hydrogens (tertiary/aromatic N) is 4. The van der Waals surface area contributed by atoms with Crippen molar-refractivity contribution in [1.82, 2.24) is 19.3 Å². The van der Waals surface area contributed by atoms with Gasteiger partial charge in [0.05, 0.1) is 39.6 Å². The molecule has 0 spiro atoms. The van der Waals surface area contributed by atoms with Gasteiger partial charge in [-0.25, -0.2) is 22.2 Å². The lowest BCUT2D eigenvalue weighted by Gasteiger charge is -2.20. The zero-order valence-corrected chi connectivity index (χ0v) is 22.8. The molecule has 0 aliphatic carbocycles. The van der Waals surface area contributed by atoms with Crippen LogP contribution in [0.2, 0.25) is 5.02 Å². The molecule has 0 saturated carbocycles. The Balaban J connectivity index is 1.76. The summed E-state index contributed by atoms with van der Waals surface area (Å²) in [5.41, 5.74) is 7.99. The summed E-state index contributed by atoms with van der Waals surface area (Å²) in [6.45, 7) is 0. The fourth-order valence-corrected chi connectivity index (χ4v) is 5.34. The van der Waals surface area contributed by atoms with Crippen LogP contribution in [0.3, 0.4) is 0 Å². The molecule has 2 aromatic heterocycles. The first-order chi connectivity index (χ1) is 18.9. The Labute approximate surface area is 232 Å². The van der Waals surface area contributed by atoms with E-state index in [1.165, 1.54) is 21.4 Å². The first-order valence-electron chi connectivity index (χ1n) is 11.9. The van der Waals surface area contributed by atoms with Gasteiger partial charge in [-0.15, -0.1) is 0 Å². The highest BCUT2D eigenvalue weighted by atomic mass is 35.5. The van der Waals surface area contributed by atoms with Gasteiger partial charge < -0.3 is 5.73 Å². The number of hydrogen-bond donors (Lipinski definition) is 2. The third-order valence-corrected chi connectivity index (χ3v) is 7.04. The van der Waals surface area contributed by atoms with E-state index in [2.05, 4.69) is 9.82 Å². The maximum atomic E-state index is 13.9. The minimum absolute atomic E-state index is 0.0187. The number of anilines is 1. The fourth-order valence-electron chi connectivity index (χ4n) is 4.61. The van der Waals surface area contributed by atoms with Gasteiger partial charge in [0.1, 0.15) is 17.5 Å². The lowest BCUT2D eigenvalue weighted by atomic mass is 10.0. The Morgan fingerprint density at radius 1 is 1.05 bits per heavy atom. The van der Waals surface area contributed by atoms with Crippen molar-refractivity contribution in [3.05, 3.63) is 105 Å². The molecule has 1 atom stereocenters. The van der Waals surface area contributed by atoms with E-state index < -0.39 is 33.3 Å². The molecule has 40 heavy (non-hydrogen) atoms. The van der Waals surface area contributed by atoms with Crippen molar-refractivity contribution in [2.45, 2.75) is 12.5 Å². The second kappa shape index (κ2) is 10.5. The van der Waals surface area contributed by atoms with E-state index in [1.54, 1.807) is 37.4 Å². The molecule has 5 rings (SSSR count). The number of aryl methyl sites for hydroxylation is 1. The molecular formula is C27H23ClF2N6O3S. The van der Waals surface area contributed by atoms with E-state index in [1.807, 2.05) is 6.07 Å². The lowest BCUT2D eigenvalue weighted by Crippen LogP contribution is -2.29. The summed E-state index contributed by atoms with van der Waals surface area (Å²) in [5, 5.41) is 4.73. The number of benzene rings is 3. The fraction of sp³-hybridized carbons (Fsp3) is 0.148. The summed E-state index contributed by atoms with van der Waals surface area (Å²) in [6, 6.07) is 15.5. The van der Waals surface area contributed by atoms with E-state index in [0.717, 1.165) is 24.5 Å². The maximum Gasteiger partial charge on any atom is 0.258 e. The van der Waals surface area contributed by atoms with Crippen molar-refractivity contribution in [1.29, 1.82) is 0 Å². The predicted octanol–water partition coefficient (Wildman–Crippen LogP) is 4.33. The molecule has 0 saturated heterocycles. The largest absolute Gasteiger partial charge is 0.321 e. The molecular weight excluding hydrogens is 562 g/mol. The third kappa shape index (κ3) is 5.46. The van der Waals surface area contributed by atoms with Crippen molar-refractivity contribution >= 4 is 38.3 Å². The molecule has 206 valence electrons. The van der Waals surface area contributed by atoms with Crippen molar-refractivity contribution in [2.24, 2.45) is 12.8 Å². The molecule has 3 aromatic carbocycles. The number of nitrogens with one attached hydrogen (secondary N) is 1. The molecule has 3 N–H and O–H groups in total. The quantitative estimate of drug-likeness (QED) is 0.293. The summed E-state index contributed by atoms with van der Waals surface area (Å²) >= 11 is 6.46. The van der Waals surface area contributed by atoms with Crippen LogP contribution >= 0.6 is 11.6 Å². The lowest BCUT2D eigenvalue weighted by molar-refractivity contribution is 0.572. The molecule has 5 aromatic rings. The second-order valence-corrected chi connectivity index (χ2v) is 11.4. The van der Waals surface area contributed by atoms with Crippen LogP contribution < -0.4 is 16.0 Å². The molecule has 0 radical (unpaired) electrons. The Morgan fingerprint density at radius 2 is 1.73 bits per heavy atom. The van der Waals surface area contributed by atoms with Gasteiger partial charge in [-0.05, 0) is 36.2 Å². The molecule has 2 heterocycles. The van der Waals surface area contributed by atoms with E-state index in [9.17, 15) is 22.0 Å². The predicted molar refractivity (Wildman–Crippen MR) is 150 cm³/mol. The first-order valence-corrected chi connectivity index (χ1v) is 14.2. The Hall–Kier alpha value is -4.13. The minimum Gasteiger partial charge on any atom is -0.321 e. The average molecular weight is 585 g/mol. The number of nitrogens with two attached hydrogens (primary N) is 1. The molecule has 0 aliphatic rings. The van der Waals surface area contributed by atoms with Gasteiger partial charge in [-0.1, -0.05) is 41.9 Å². The molecule has 13 heteroatoms. The minimum atomic E-state index is -3.70. The maximum absolute atomic E-state index is 13.9. The number of hydrogen-bond acceptors (Lipinski definition) is 6. The van der Waals surface area contributed by atoms with Crippen molar-refractivity contribution in [2.75, 3.05) is 11.0 Å². The van der Waals surface area contributed by atoms with E-state index >= 15 is 0 Å². The highest BCUT2D eigenvalue weighted by molar-refractivity contribution is 7.92. The average Bonchev–Trinajstić information content (AvgIpc) is 3.19. The summed E-state index contributed by atoms with van der Waals surface area (Å²) in [4.78, 5) is 18.5. The van der Waals surface area contributed by atoms with Crippen molar-refractivity contribution < 1.29 is 17.2 Å². The van der Waals surface area contributed by atoms with Crippen LogP contribution in [0.1, 0.15) is 17.4 Å². The van der Waals surface area contributed by atoms with Gasteiger partial charge in [0.15, 0.2) is 5.82 Å². The highest BCUT2D eigenvalue weighted by Crippen LogP contribution is 2.35. The summed E-state index contributed by atoms with van der Waals surface area (Å²) in [6.07, 6.45) is 0.941. The van der Waals surface area contributed by atoms with Crippen LogP contribution in [0.25, 0.3) is 27.8 Å². The molecule has 9 nitrogen and oxygen atoms in total. The van der Waals surface area contributed by atoms with Crippen molar-refractivity contribution in [3.63, 3.8) is 0 Å². The molecule has 0 fully saturated rings. The first kappa shape index (κ1) is 27.4. The van der Waals surface area contributed by atoms with Gasteiger partial charge in [0.25, 0.3) is 5.56 Å². The van der Waals surface area contributed by atoms with Crippen LogP contribution in [-0.4, -0.2) is 34.0 Å². The number of halogens is 3. The SMILES string of the molecule is Cn1nc(NS(C)(=O)=O)c2c(Cl)ccc(-n3c(C(N)Cc4cc(F)cc(F)c4)nc(-c4ccccc4)cc3=O)c21. The van der Waals surface area contributed by atoms with Gasteiger partial charge in [0.2, 0.25) is 10.0 Å². The smallest absolute Gasteiger partial charge is 0.258 e. The Morgan fingerprint density at radius 3 is 2.38 bits per heavy atom. The highest BCUT2D eigenvalue weighted by Gasteiger charge is 2.24. The zero-order valence-electron chi connectivity index (χ0n) is 21.3. The Bertz CT molecular complexity index is 1910. The number of rotatable bonds is 7. The van der Waals surface area contributed by atoms with Gasteiger partial charge in [0, 0.05) is 24.7 Å². The molecule has 0 amide bonds. The number of aromatic nitrogens is 4. The summed E-state index contributed by atoms with van der Waals surface area (Å²) in [5.74, 6) is -1.43. The second-order valence-electron chi connectivity index (χ2n) is 9.26. The summed E-state index contributed by atoms with van der Waals surface area (Å²) in [7, 11) is -2.13. The molecule has 1 unspecified atom stereocenters. The summed E-state index contributed by atoms with van der Waals surface area (Å²) < 4.78 is 56.8. The Kier molecular flexibility index (Phi) is 7.17. The van der Waals surface area contributed by atoms with Gasteiger partial charge in [-0.2, -0.15) is 5.10 Å². The van der Waals surface area contributed by atoms with E-state index in [-0.39, 0.29) is 39.7 Å². The van der Waals surface area contributed by atoms with Crippen LogP contribution in [0.4, 0.5) is 14.6 Å². The zero-order chi connectivity index (χ0) is 28.8. The molecule has 0 bridgehead atoms. The van der Waals surface area contributed by atoms with Gasteiger partial charge in [-0.3, -0.25) is 18.8 Å². The van der Waals surface area contributed by atoms with E-state index in [0.29, 0.717) is 16.8 Å². The van der Waals surface area contributed by atoms with Crippen molar-refractivity contribution in [3.8, 4) is 16.9 Å². The van der Waals surface area contributed by atoms with Crippen LogP contribution in [0.15, 0.2) is 71.5 Å². The number of sulfonamides is 1. The normalized spacial score (nSPS) is 12.6. The van der Waals surface area contributed by atoms with Crippen LogP contribution in [0.5, 0.6) is 0 Å². The van der Waals surface area contributed by atoms with Gasteiger partial charge >= 0.3 is 0 Å². The standard InChI is InChI=1S/C27H23ClF2N6O3S/c1-35-25-22(9-8-19(28)24(25)26(33-35)34-40(2,38)39)36-23(37)14-21(16-6-4-3-5-7-16)32-27(36)20(31)12-15-10-17(29)13-18(30)11-15/h3-11,13-14,20H,12,31H2,1-2H3,(H,33,34). The monoisotopic (exact) mass is 584 g/mol.